The van der Waals surface area contributed by atoms with Crippen LogP contribution >= 0.6 is 0 Å². The number of nitrogens with one attached hydrogen (secondary N) is 2. The maximum atomic E-state index is 13.1. The number of carbonyl (C=O) groups excluding carboxylic acids is 1. The number of nitrogens with zero attached hydrogens (tertiary/aromatic N) is 1. The van der Waals surface area contributed by atoms with Crippen LogP contribution in [0.25, 0.3) is 0 Å². The van der Waals surface area contributed by atoms with E-state index < -0.39 is 11.4 Å². The lowest BCUT2D eigenvalue weighted by Gasteiger charge is -2.23. The molecule has 2 N–H and O–H groups in total. The lowest BCUT2D eigenvalue weighted by atomic mass is 10.0. The molecule has 0 saturated heterocycles. The number of hydrogen-bond acceptors (Lipinski definition) is 2. The Balaban J connectivity index is 2.93. The molecule has 0 aromatic carbocycles. The molecule has 72 valence electrons. The van der Waals surface area contributed by atoms with Crippen molar-refractivity contribution in [3.63, 3.8) is 0 Å². The zero-order valence-corrected chi connectivity index (χ0v) is 7.81. The van der Waals surface area contributed by atoms with Crippen LogP contribution in [0.15, 0.2) is 6.20 Å². The number of amides is 1. The van der Waals surface area contributed by atoms with Crippen LogP contribution in [-0.2, 0) is 10.3 Å². The number of aromatic amines is 1. The van der Waals surface area contributed by atoms with E-state index in [1.807, 2.05) is 0 Å². The first kappa shape index (κ1) is 9.70. The van der Waals surface area contributed by atoms with Crippen molar-refractivity contribution in [1.82, 2.24) is 15.5 Å². The summed E-state index contributed by atoms with van der Waals surface area (Å²) in [5.74, 6) is -0.661. The molecule has 0 unspecified atom stereocenters. The second kappa shape index (κ2) is 3.16. The molecule has 0 aliphatic carbocycles. The molecule has 0 aliphatic heterocycles. The average molecular weight is 185 g/mol. The summed E-state index contributed by atoms with van der Waals surface area (Å²) < 4.78 is 13.1. The Morgan fingerprint density at radius 2 is 2.31 bits per heavy atom. The topological polar surface area (TPSA) is 57.8 Å². The lowest BCUT2D eigenvalue weighted by molar-refractivity contribution is -0.120. The number of aromatic nitrogens is 2. The van der Waals surface area contributed by atoms with Crippen LogP contribution in [0.5, 0.6) is 0 Å². The van der Waals surface area contributed by atoms with E-state index in [1.54, 1.807) is 13.8 Å². The van der Waals surface area contributed by atoms with Gasteiger partial charge >= 0.3 is 0 Å². The van der Waals surface area contributed by atoms with E-state index in [0.29, 0.717) is 0 Å². The van der Waals surface area contributed by atoms with E-state index in [1.165, 1.54) is 6.92 Å². The summed E-state index contributed by atoms with van der Waals surface area (Å²) in [6.07, 6.45) is 1.15. The molecule has 5 heteroatoms. The van der Waals surface area contributed by atoms with Gasteiger partial charge in [0.05, 0.1) is 11.7 Å². The molecule has 0 atom stereocenters. The first-order valence-electron chi connectivity index (χ1n) is 3.92. The fourth-order valence-electron chi connectivity index (χ4n) is 1.21. The van der Waals surface area contributed by atoms with Gasteiger partial charge in [-0.25, -0.2) is 4.39 Å². The predicted molar refractivity (Wildman–Crippen MR) is 45.4 cm³/mol. The fourth-order valence-corrected chi connectivity index (χ4v) is 1.21. The van der Waals surface area contributed by atoms with Gasteiger partial charge in [-0.05, 0) is 13.8 Å². The Morgan fingerprint density at radius 1 is 1.69 bits per heavy atom. The highest BCUT2D eigenvalue weighted by Crippen LogP contribution is 2.19. The summed E-state index contributed by atoms with van der Waals surface area (Å²) in [6, 6.07) is 0. The first-order valence-corrected chi connectivity index (χ1v) is 3.92. The average Bonchev–Trinajstić information content (AvgIpc) is 2.32. The molecule has 1 aromatic heterocycles. The molecule has 0 fully saturated rings. The van der Waals surface area contributed by atoms with Crippen molar-refractivity contribution in [3.8, 4) is 0 Å². The minimum absolute atomic E-state index is 0.211. The van der Waals surface area contributed by atoms with Crippen molar-refractivity contribution in [2.45, 2.75) is 26.3 Å². The maximum absolute atomic E-state index is 13.1. The zero-order chi connectivity index (χ0) is 10.1. The van der Waals surface area contributed by atoms with Gasteiger partial charge in [0.25, 0.3) is 0 Å². The molecule has 0 bridgehead atoms. The second-order valence-corrected chi connectivity index (χ2v) is 3.39. The van der Waals surface area contributed by atoms with Crippen molar-refractivity contribution < 1.29 is 9.18 Å². The van der Waals surface area contributed by atoms with Crippen LogP contribution in [0.3, 0.4) is 0 Å². The molecular weight excluding hydrogens is 173 g/mol. The zero-order valence-electron chi connectivity index (χ0n) is 7.81. The smallest absolute Gasteiger partial charge is 0.217 e. The van der Waals surface area contributed by atoms with Gasteiger partial charge in [0.2, 0.25) is 5.91 Å². The quantitative estimate of drug-likeness (QED) is 0.719. The number of carbonyl (C=O) groups is 1. The van der Waals surface area contributed by atoms with Crippen LogP contribution in [0.1, 0.15) is 26.5 Å². The van der Waals surface area contributed by atoms with Gasteiger partial charge in [0.15, 0.2) is 5.82 Å². The molecule has 0 radical (unpaired) electrons. The van der Waals surface area contributed by atoms with E-state index in [2.05, 4.69) is 15.5 Å². The van der Waals surface area contributed by atoms with Gasteiger partial charge in [0, 0.05) is 6.92 Å². The Hall–Kier alpha value is -1.39. The first-order chi connectivity index (χ1) is 5.93. The van der Waals surface area contributed by atoms with Crippen molar-refractivity contribution in [2.75, 3.05) is 0 Å². The van der Waals surface area contributed by atoms with E-state index in [4.69, 9.17) is 0 Å². The van der Waals surface area contributed by atoms with Gasteiger partial charge in [-0.1, -0.05) is 0 Å². The molecule has 0 saturated carbocycles. The second-order valence-electron chi connectivity index (χ2n) is 3.39. The molecule has 0 aliphatic rings. The Bertz CT molecular complexity index is 319. The molecule has 4 nitrogen and oxygen atoms in total. The highest BCUT2D eigenvalue weighted by molar-refractivity contribution is 5.73. The summed E-state index contributed by atoms with van der Waals surface area (Å²) in [4.78, 5) is 10.8. The SMILES string of the molecule is CC(=O)NC(C)(C)c1n[nH]cc1F. The molecule has 0 spiro atoms. The van der Waals surface area contributed by atoms with E-state index in [0.717, 1.165) is 6.20 Å². The van der Waals surface area contributed by atoms with Gasteiger partial charge in [-0.15, -0.1) is 0 Å². The molecule has 1 amide bonds. The van der Waals surface area contributed by atoms with Gasteiger partial charge < -0.3 is 5.32 Å². The summed E-state index contributed by atoms with van der Waals surface area (Å²) in [5.41, 5.74) is -0.571. The van der Waals surface area contributed by atoms with Crippen LogP contribution in [0, 0.1) is 5.82 Å². The Labute approximate surface area is 75.5 Å². The third-order valence-electron chi connectivity index (χ3n) is 1.67. The Morgan fingerprint density at radius 3 is 2.69 bits per heavy atom. The minimum Gasteiger partial charge on any atom is -0.346 e. The largest absolute Gasteiger partial charge is 0.346 e. The predicted octanol–water partition coefficient (Wildman–Crippen LogP) is 0.920. The monoisotopic (exact) mass is 185 g/mol. The van der Waals surface area contributed by atoms with Crippen LogP contribution in [0.2, 0.25) is 0 Å². The maximum Gasteiger partial charge on any atom is 0.217 e. The van der Waals surface area contributed by atoms with Crippen molar-refractivity contribution in [1.29, 1.82) is 0 Å². The number of hydrogen-bond donors (Lipinski definition) is 2. The van der Waals surface area contributed by atoms with Crippen LogP contribution in [-0.4, -0.2) is 16.1 Å². The summed E-state index contributed by atoms with van der Waals surface area (Å²) in [7, 11) is 0. The molecule has 13 heavy (non-hydrogen) atoms. The lowest BCUT2D eigenvalue weighted by Crippen LogP contribution is -2.40. The Kier molecular flexibility index (Phi) is 2.36. The van der Waals surface area contributed by atoms with E-state index in [-0.39, 0.29) is 11.6 Å². The van der Waals surface area contributed by atoms with Crippen molar-refractivity contribution in [2.24, 2.45) is 0 Å². The summed E-state index contributed by atoms with van der Waals surface area (Å²) in [5, 5.41) is 8.73. The number of H-pyrrole nitrogens is 1. The van der Waals surface area contributed by atoms with E-state index in [9.17, 15) is 9.18 Å². The highest BCUT2D eigenvalue weighted by atomic mass is 19.1. The molecule has 1 heterocycles. The third kappa shape index (κ3) is 2.05. The van der Waals surface area contributed by atoms with Crippen molar-refractivity contribution >= 4 is 5.91 Å². The highest BCUT2D eigenvalue weighted by Gasteiger charge is 2.27. The minimum atomic E-state index is -0.782. The third-order valence-corrected chi connectivity index (χ3v) is 1.67. The molecular formula is C8H12FN3O. The number of rotatable bonds is 2. The fraction of sp³-hybridized carbons (Fsp3) is 0.500. The standard InChI is InChI=1S/C8H12FN3O/c1-5(13)11-8(2,3)7-6(9)4-10-12-7/h4H,1-3H3,(H,10,12)(H,11,13). The summed E-state index contributed by atoms with van der Waals surface area (Å²) in [6.45, 7) is 4.76. The van der Waals surface area contributed by atoms with Crippen LogP contribution < -0.4 is 5.32 Å². The van der Waals surface area contributed by atoms with Gasteiger partial charge in [-0.2, -0.15) is 5.10 Å². The normalized spacial score (nSPS) is 11.4. The van der Waals surface area contributed by atoms with Crippen molar-refractivity contribution in [3.05, 3.63) is 17.7 Å². The van der Waals surface area contributed by atoms with Gasteiger partial charge in [-0.3, -0.25) is 9.89 Å². The van der Waals surface area contributed by atoms with Gasteiger partial charge in [0.1, 0.15) is 5.69 Å². The number of halogens is 1. The summed E-state index contributed by atoms with van der Waals surface area (Å²) >= 11 is 0. The van der Waals surface area contributed by atoms with Crippen LogP contribution in [0.4, 0.5) is 4.39 Å². The molecule has 1 rings (SSSR count). The van der Waals surface area contributed by atoms with E-state index >= 15 is 0 Å². The molecule has 1 aromatic rings.